The molecular weight excluding hydrogens is 314 g/mol. The molecule has 0 radical (unpaired) electrons. The van der Waals surface area contributed by atoms with Gasteiger partial charge < -0.3 is 5.32 Å². The Hall–Kier alpha value is -1.83. The third-order valence-electron chi connectivity index (χ3n) is 4.54. The van der Waals surface area contributed by atoms with Crippen LogP contribution in [0, 0.1) is 6.92 Å². The minimum absolute atomic E-state index is 0.0529. The van der Waals surface area contributed by atoms with Gasteiger partial charge in [-0.3, -0.25) is 0 Å². The van der Waals surface area contributed by atoms with Crippen molar-refractivity contribution >= 4 is 22.4 Å². The quantitative estimate of drug-likeness (QED) is 0.530. The van der Waals surface area contributed by atoms with Crippen LogP contribution in [0.2, 0.25) is 0 Å². The molecule has 0 heterocycles. The van der Waals surface area contributed by atoms with Crippen molar-refractivity contribution in [2.24, 2.45) is 0 Å². The molecule has 0 bridgehead atoms. The number of hydrogen-bond acceptors (Lipinski definition) is 1. The zero-order chi connectivity index (χ0) is 16.9. The molecule has 2 heteroatoms. The Labute approximate surface area is 149 Å². The highest BCUT2D eigenvalue weighted by Crippen LogP contribution is 2.26. The smallest absolute Gasteiger partial charge is 0.0597 e. The lowest BCUT2D eigenvalue weighted by Gasteiger charge is -2.18. The lowest BCUT2D eigenvalue weighted by atomic mass is 9.99. The van der Waals surface area contributed by atoms with E-state index in [1.807, 2.05) is 0 Å². The Balaban J connectivity index is 1.62. The summed E-state index contributed by atoms with van der Waals surface area (Å²) in [6, 6.07) is 23.8. The minimum Gasteiger partial charge on any atom is -0.310 e. The fraction of sp³-hybridized carbons (Fsp3) is 0.273. The maximum absolute atomic E-state index is 6.56. The number of hydrogen-bond donors (Lipinski definition) is 1. The van der Waals surface area contributed by atoms with E-state index in [2.05, 4.69) is 85.9 Å². The van der Waals surface area contributed by atoms with Gasteiger partial charge in [0.15, 0.2) is 0 Å². The molecule has 3 aromatic rings. The topological polar surface area (TPSA) is 12.0 Å². The monoisotopic (exact) mass is 337 g/mol. The molecule has 1 unspecified atom stereocenters. The third-order valence-corrected chi connectivity index (χ3v) is 5.01. The van der Waals surface area contributed by atoms with Gasteiger partial charge in [0.05, 0.1) is 5.38 Å². The van der Waals surface area contributed by atoms with Crippen LogP contribution in [0.3, 0.4) is 0 Å². The van der Waals surface area contributed by atoms with Crippen molar-refractivity contribution in [1.29, 1.82) is 0 Å². The summed E-state index contributed by atoms with van der Waals surface area (Å²) in [7, 11) is 0. The van der Waals surface area contributed by atoms with E-state index in [0.29, 0.717) is 6.04 Å². The van der Waals surface area contributed by atoms with Crippen LogP contribution in [-0.4, -0.2) is 6.54 Å². The second kappa shape index (κ2) is 7.83. The predicted octanol–water partition coefficient (Wildman–Crippen LogP) is 6.17. The number of rotatable bonds is 6. The summed E-state index contributed by atoms with van der Waals surface area (Å²) >= 11 is 6.56. The number of fused-ring (bicyclic) bond motifs is 1. The first-order valence-corrected chi connectivity index (χ1v) is 9.00. The Morgan fingerprint density at radius 3 is 2.54 bits per heavy atom. The van der Waals surface area contributed by atoms with Crippen LogP contribution < -0.4 is 5.32 Å². The highest BCUT2D eigenvalue weighted by Gasteiger charge is 2.11. The Morgan fingerprint density at radius 2 is 1.71 bits per heavy atom. The van der Waals surface area contributed by atoms with Gasteiger partial charge in [-0.15, -0.1) is 11.6 Å². The number of benzene rings is 3. The van der Waals surface area contributed by atoms with Gasteiger partial charge in [-0.25, -0.2) is 0 Å². The Kier molecular flexibility index (Phi) is 5.55. The molecule has 124 valence electrons. The zero-order valence-electron chi connectivity index (χ0n) is 14.3. The second-order valence-electron chi connectivity index (χ2n) is 6.41. The van der Waals surface area contributed by atoms with E-state index in [-0.39, 0.29) is 5.38 Å². The lowest BCUT2D eigenvalue weighted by molar-refractivity contribution is 0.557. The van der Waals surface area contributed by atoms with E-state index < -0.39 is 0 Å². The van der Waals surface area contributed by atoms with Crippen LogP contribution in [0.15, 0.2) is 66.7 Å². The number of nitrogens with one attached hydrogen (secondary N) is 1. The van der Waals surface area contributed by atoms with Crippen molar-refractivity contribution in [1.82, 2.24) is 5.32 Å². The van der Waals surface area contributed by atoms with Gasteiger partial charge in [0.1, 0.15) is 0 Å². The fourth-order valence-electron chi connectivity index (χ4n) is 3.20. The van der Waals surface area contributed by atoms with Gasteiger partial charge in [-0.05, 0) is 48.7 Å². The summed E-state index contributed by atoms with van der Waals surface area (Å²) in [5.41, 5.74) is 3.81. The molecule has 0 saturated heterocycles. The first kappa shape index (κ1) is 17.0. The van der Waals surface area contributed by atoms with Crippen LogP contribution in [0.25, 0.3) is 10.8 Å². The zero-order valence-corrected chi connectivity index (χ0v) is 15.1. The molecule has 0 fully saturated rings. The summed E-state index contributed by atoms with van der Waals surface area (Å²) in [5, 5.41) is 6.29. The van der Waals surface area contributed by atoms with Crippen molar-refractivity contribution in [3.63, 3.8) is 0 Å². The van der Waals surface area contributed by atoms with Gasteiger partial charge in [0, 0.05) is 6.04 Å². The van der Waals surface area contributed by atoms with Gasteiger partial charge in [0.25, 0.3) is 0 Å². The first-order valence-electron chi connectivity index (χ1n) is 8.57. The first-order chi connectivity index (χ1) is 11.6. The van der Waals surface area contributed by atoms with E-state index in [4.69, 9.17) is 11.6 Å². The molecule has 1 nitrogen and oxygen atoms in total. The highest BCUT2D eigenvalue weighted by molar-refractivity contribution is 6.20. The predicted molar refractivity (Wildman–Crippen MR) is 105 cm³/mol. The van der Waals surface area contributed by atoms with Gasteiger partial charge in [-0.2, -0.15) is 0 Å². The molecule has 3 rings (SSSR count). The normalized spacial score (nSPS) is 13.8. The van der Waals surface area contributed by atoms with Gasteiger partial charge in [-0.1, -0.05) is 72.3 Å². The van der Waals surface area contributed by atoms with E-state index in [1.165, 1.54) is 27.5 Å². The maximum atomic E-state index is 6.56. The fourth-order valence-corrected chi connectivity index (χ4v) is 3.44. The number of halogens is 1. The average Bonchev–Trinajstić information content (AvgIpc) is 2.61. The molecule has 1 N–H and O–H groups in total. The third kappa shape index (κ3) is 3.98. The van der Waals surface area contributed by atoms with Gasteiger partial charge >= 0.3 is 0 Å². The molecule has 0 amide bonds. The van der Waals surface area contributed by atoms with E-state index in [9.17, 15) is 0 Å². The minimum atomic E-state index is 0.0529. The molecule has 0 aliphatic rings. The second-order valence-corrected chi connectivity index (χ2v) is 6.94. The molecule has 0 spiro atoms. The standard InChI is InChI=1S/C22H24ClN/c1-16-7-5-10-19(15-16)22(23)13-14-24-17(2)20-12-6-9-18-8-3-4-11-21(18)20/h3-12,15,17,22,24H,13-14H2,1-2H3/t17-,22?/m1/s1. The largest absolute Gasteiger partial charge is 0.310 e. The van der Waals surface area contributed by atoms with E-state index >= 15 is 0 Å². The molecule has 0 aliphatic heterocycles. The lowest BCUT2D eigenvalue weighted by Crippen LogP contribution is -2.21. The van der Waals surface area contributed by atoms with E-state index in [0.717, 1.165) is 13.0 Å². The Bertz CT molecular complexity index is 806. The van der Waals surface area contributed by atoms with Crippen LogP contribution >= 0.6 is 11.6 Å². The molecule has 0 aliphatic carbocycles. The average molecular weight is 338 g/mol. The van der Waals surface area contributed by atoms with Crippen LogP contribution in [-0.2, 0) is 0 Å². The molecule has 0 saturated carbocycles. The van der Waals surface area contributed by atoms with Crippen molar-refractivity contribution < 1.29 is 0 Å². The maximum Gasteiger partial charge on any atom is 0.0597 e. The summed E-state index contributed by atoms with van der Waals surface area (Å²) < 4.78 is 0. The highest BCUT2D eigenvalue weighted by atomic mass is 35.5. The van der Waals surface area contributed by atoms with Gasteiger partial charge in [0.2, 0.25) is 0 Å². The molecule has 0 aromatic heterocycles. The SMILES string of the molecule is Cc1cccc(C(Cl)CCN[C@H](C)c2cccc3ccccc23)c1. The van der Waals surface area contributed by atoms with Crippen molar-refractivity contribution in [3.8, 4) is 0 Å². The van der Waals surface area contributed by atoms with E-state index in [1.54, 1.807) is 0 Å². The molecule has 2 atom stereocenters. The molecule has 3 aromatic carbocycles. The van der Waals surface area contributed by atoms with Crippen molar-refractivity contribution in [2.45, 2.75) is 31.7 Å². The van der Waals surface area contributed by atoms with Crippen molar-refractivity contribution in [3.05, 3.63) is 83.4 Å². The summed E-state index contributed by atoms with van der Waals surface area (Å²) in [6.45, 7) is 5.22. The van der Waals surface area contributed by atoms with Crippen molar-refractivity contribution in [2.75, 3.05) is 6.54 Å². The number of alkyl halides is 1. The molecular formula is C22H24ClN. The van der Waals surface area contributed by atoms with Crippen LogP contribution in [0.4, 0.5) is 0 Å². The molecule has 24 heavy (non-hydrogen) atoms. The summed E-state index contributed by atoms with van der Waals surface area (Å²) in [4.78, 5) is 0. The summed E-state index contributed by atoms with van der Waals surface area (Å²) in [5.74, 6) is 0. The summed E-state index contributed by atoms with van der Waals surface area (Å²) in [6.07, 6.45) is 0.917. The number of aryl methyl sites for hydroxylation is 1. The Morgan fingerprint density at radius 1 is 0.958 bits per heavy atom. The van der Waals surface area contributed by atoms with Crippen LogP contribution in [0.5, 0.6) is 0 Å². The van der Waals surface area contributed by atoms with Crippen LogP contribution in [0.1, 0.15) is 41.5 Å².